The molecule has 0 aliphatic carbocycles. The fourth-order valence-electron chi connectivity index (χ4n) is 1.89. The van der Waals surface area contributed by atoms with Crippen LogP contribution in [0, 0.1) is 0 Å². The van der Waals surface area contributed by atoms with Crippen LogP contribution in [0.5, 0.6) is 0 Å². The van der Waals surface area contributed by atoms with Crippen LogP contribution in [-0.2, 0) is 4.79 Å². The molecule has 0 spiro atoms. The Balaban J connectivity index is 2.35. The van der Waals surface area contributed by atoms with Crippen LogP contribution >= 0.6 is 23.2 Å². The fraction of sp³-hybridized carbons (Fsp3) is 0.364. The number of halogens is 2. The van der Waals surface area contributed by atoms with Crippen LogP contribution in [0.25, 0.3) is 0 Å². The van der Waals surface area contributed by atoms with Crippen molar-refractivity contribution in [3.63, 3.8) is 0 Å². The Morgan fingerprint density at radius 2 is 2.12 bits per heavy atom. The zero-order valence-corrected chi connectivity index (χ0v) is 10.1. The highest BCUT2D eigenvalue weighted by atomic mass is 35.5. The molecule has 1 aromatic carbocycles. The van der Waals surface area contributed by atoms with E-state index in [4.69, 9.17) is 28.9 Å². The van der Waals surface area contributed by atoms with Crippen molar-refractivity contribution in [3.05, 3.63) is 33.8 Å². The molecule has 2 atom stereocenters. The first-order chi connectivity index (χ1) is 7.59. The van der Waals surface area contributed by atoms with Crippen LogP contribution in [0.4, 0.5) is 0 Å². The minimum atomic E-state index is -0.243. The van der Waals surface area contributed by atoms with E-state index in [0.717, 1.165) is 5.56 Å². The number of benzene rings is 1. The molecule has 3 nitrogen and oxygen atoms in total. The van der Waals surface area contributed by atoms with Crippen LogP contribution in [0.2, 0.25) is 10.0 Å². The smallest absolute Gasteiger partial charge is 0.220 e. The van der Waals surface area contributed by atoms with Crippen molar-refractivity contribution in [3.8, 4) is 0 Å². The molecule has 1 amide bonds. The second kappa shape index (κ2) is 4.62. The molecule has 1 aromatic rings. The van der Waals surface area contributed by atoms with Gasteiger partial charge in [0.1, 0.15) is 0 Å². The summed E-state index contributed by atoms with van der Waals surface area (Å²) in [6.07, 6.45) is 1.13. The van der Waals surface area contributed by atoms with Crippen molar-refractivity contribution in [2.75, 3.05) is 0 Å². The lowest BCUT2D eigenvalue weighted by molar-refractivity contribution is -0.123. The highest BCUT2D eigenvalue weighted by Gasteiger charge is 2.28. The predicted molar refractivity (Wildman–Crippen MR) is 64.6 cm³/mol. The Bertz CT molecular complexity index is 422. The molecular weight excluding hydrogens is 247 g/mol. The minimum Gasteiger partial charge on any atom is -0.348 e. The number of hydrogen-bond acceptors (Lipinski definition) is 2. The second-order valence-corrected chi connectivity index (χ2v) is 4.68. The van der Waals surface area contributed by atoms with Gasteiger partial charge in [-0.05, 0) is 18.1 Å². The van der Waals surface area contributed by atoms with Crippen molar-refractivity contribution in [2.24, 2.45) is 5.73 Å². The lowest BCUT2D eigenvalue weighted by Gasteiger charge is -2.30. The molecule has 1 saturated heterocycles. The Labute approximate surface area is 104 Å². The SMILES string of the molecule is NC1CCC(=O)NC1c1cccc(Cl)c1Cl. The van der Waals surface area contributed by atoms with Gasteiger partial charge in [0.05, 0.1) is 16.1 Å². The maximum absolute atomic E-state index is 11.3. The highest BCUT2D eigenvalue weighted by Crippen LogP contribution is 2.33. The molecular formula is C11H12Cl2N2O. The van der Waals surface area contributed by atoms with Gasteiger partial charge in [-0.1, -0.05) is 35.3 Å². The van der Waals surface area contributed by atoms with E-state index in [0.29, 0.717) is 22.9 Å². The van der Waals surface area contributed by atoms with E-state index in [2.05, 4.69) is 5.32 Å². The van der Waals surface area contributed by atoms with Crippen molar-refractivity contribution in [2.45, 2.75) is 24.9 Å². The van der Waals surface area contributed by atoms with E-state index < -0.39 is 0 Å². The Morgan fingerprint density at radius 1 is 1.38 bits per heavy atom. The minimum absolute atomic E-state index is 0.00254. The maximum Gasteiger partial charge on any atom is 0.220 e. The lowest BCUT2D eigenvalue weighted by atomic mass is 9.93. The van der Waals surface area contributed by atoms with Crippen LogP contribution in [0.15, 0.2) is 18.2 Å². The van der Waals surface area contributed by atoms with Gasteiger partial charge in [-0.3, -0.25) is 4.79 Å². The van der Waals surface area contributed by atoms with E-state index in [9.17, 15) is 4.79 Å². The van der Waals surface area contributed by atoms with Gasteiger partial charge in [-0.25, -0.2) is 0 Å². The second-order valence-electron chi connectivity index (χ2n) is 3.89. The molecule has 0 saturated carbocycles. The van der Waals surface area contributed by atoms with Gasteiger partial charge in [0.2, 0.25) is 5.91 Å². The summed E-state index contributed by atoms with van der Waals surface area (Å²) >= 11 is 12.0. The summed E-state index contributed by atoms with van der Waals surface area (Å²) in [6.45, 7) is 0. The number of hydrogen-bond donors (Lipinski definition) is 2. The molecule has 1 aliphatic heterocycles. The Hall–Kier alpha value is -0.770. The summed E-state index contributed by atoms with van der Waals surface area (Å²) in [6, 6.07) is 4.99. The summed E-state index contributed by atoms with van der Waals surface area (Å²) in [7, 11) is 0. The molecule has 1 fully saturated rings. The maximum atomic E-state index is 11.3. The largest absolute Gasteiger partial charge is 0.348 e. The van der Waals surface area contributed by atoms with Gasteiger partial charge >= 0.3 is 0 Å². The predicted octanol–water partition coefficient (Wildman–Crippen LogP) is 2.27. The van der Waals surface area contributed by atoms with Crippen molar-refractivity contribution in [1.29, 1.82) is 0 Å². The summed E-state index contributed by atoms with van der Waals surface area (Å²) in [5, 5.41) is 3.79. The standard InChI is InChI=1S/C11H12Cl2N2O/c12-7-3-1-2-6(10(7)13)11-8(14)4-5-9(16)15-11/h1-3,8,11H,4-5,14H2,(H,15,16). The first-order valence-electron chi connectivity index (χ1n) is 5.08. The summed E-state index contributed by atoms with van der Waals surface area (Å²) < 4.78 is 0. The molecule has 3 N–H and O–H groups in total. The third-order valence-corrected chi connectivity index (χ3v) is 3.60. The van der Waals surface area contributed by atoms with E-state index >= 15 is 0 Å². The molecule has 2 rings (SSSR count). The number of carbonyl (C=O) groups is 1. The van der Waals surface area contributed by atoms with Crippen molar-refractivity contribution < 1.29 is 4.79 Å². The number of nitrogens with two attached hydrogens (primary N) is 1. The third-order valence-electron chi connectivity index (χ3n) is 2.77. The highest BCUT2D eigenvalue weighted by molar-refractivity contribution is 6.42. The monoisotopic (exact) mass is 258 g/mol. The van der Waals surface area contributed by atoms with Gasteiger partial charge in [0.15, 0.2) is 0 Å². The average molecular weight is 259 g/mol. The molecule has 86 valence electrons. The lowest BCUT2D eigenvalue weighted by Crippen LogP contribution is -2.45. The molecule has 2 unspecified atom stereocenters. The van der Waals surface area contributed by atoms with Crippen LogP contribution in [-0.4, -0.2) is 11.9 Å². The van der Waals surface area contributed by atoms with Gasteiger partial charge in [-0.15, -0.1) is 0 Å². The van der Waals surface area contributed by atoms with E-state index in [1.807, 2.05) is 6.07 Å². The van der Waals surface area contributed by atoms with E-state index in [1.165, 1.54) is 0 Å². The molecule has 5 heteroatoms. The zero-order valence-electron chi connectivity index (χ0n) is 8.54. The topological polar surface area (TPSA) is 55.1 Å². The molecule has 1 heterocycles. The van der Waals surface area contributed by atoms with Gasteiger partial charge in [0.25, 0.3) is 0 Å². The van der Waals surface area contributed by atoms with Gasteiger partial charge in [0, 0.05) is 12.5 Å². The zero-order chi connectivity index (χ0) is 11.7. The van der Waals surface area contributed by atoms with E-state index in [-0.39, 0.29) is 18.0 Å². The van der Waals surface area contributed by atoms with Crippen molar-refractivity contribution in [1.82, 2.24) is 5.32 Å². The number of amides is 1. The number of carbonyl (C=O) groups excluding carboxylic acids is 1. The Morgan fingerprint density at radius 3 is 2.88 bits per heavy atom. The summed E-state index contributed by atoms with van der Waals surface area (Å²) in [4.78, 5) is 11.3. The molecule has 16 heavy (non-hydrogen) atoms. The first-order valence-corrected chi connectivity index (χ1v) is 5.84. The van der Waals surface area contributed by atoms with E-state index in [1.54, 1.807) is 12.1 Å². The third kappa shape index (κ3) is 2.17. The van der Waals surface area contributed by atoms with Crippen molar-refractivity contribution >= 4 is 29.1 Å². The quantitative estimate of drug-likeness (QED) is 0.812. The van der Waals surface area contributed by atoms with Gasteiger partial charge in [-0.2, -0.15) is 0 Å². The number of rotatable bonds is 1. The van der Waals surface area contributed by atoms with Crippen LogP contribution in [0.1, 0.15) is 24.4 Å². The molecule has 1 aliphatic rings. The fourth-order valence-corrected chi connectivity index (χ4v) is 2.31. The average Bonchev–Trinajstić information content (AvgIpc) is 2.26. The normalized spacial score (nSPS) is 25.3. The van der Waals surface area contributed by atoms with Crippen LogP contribution < -0.4 is 11.1 Å². The summed E-state index contributed by atoms with van der Waals surface area (Å²) in [5.41, 5.74) is 6.76. The summed E-state index contributed by atoms with van der Waals surface area (Å²) in [5.74, 6) is 0.00254. The molecule has 0 bridgehead atoms. The Kier molecular flexibility index (Phi) is 3.38. The molecule has 0 aromatic heterocycles. The van der Waals surface area contributed by atoms with Crippen LogP contribution in [0.3, 0.4) is 0 Å². The first kappa shape index (κ1) is 11.7. The number of piperidine rings is 1. The number of nitrogens with one attached hydrogen (secondary N) is 1. The van der Waals surface area contributed by atoms with Gasteiger partial charge < -0.3 is 11.1 Å². The molecule has 0 radical (unpaired) electrons.